The van der Waals surface area contributed by atoms with Crippen LogP contribution in [-0.2, 0) is 0 Å². The number of piperidine rings is 1. The van der Waals surface area contributed by atoms with Gasteiger partial charge in [0.25, 0.3) is 5.70 Å². The summed E-state index contributed by atoms with van der Waals surface area (Å²) >= 11 is 0.972. The average Bonchev–Trinajstić information content (AvgIpc) is 2.54. The predicted molar refractivity (Wildman–Crippen MR) is 86.7 cm³/mol. The Kier molecular flexibility index (Phi) is 5.78. The molecule has 2 aliphatic rings. The third-order valence-corrected chi connectivity index (χ3v) is 4.93. The zero-order valence-electron chi connectivity index (χ0n) is 13.0. The molecular weight excluding hydrogens is 340 g/mol. The summed E-state index contributed by atoms with van der Waals surface area (Å²) in [6.07, 6.45) is 3.41. The molecule has 0 N–H and O–H groups in total. The lowest BCUT2D eigenvalue weighted by Crippen LogP contribution is -2.49. The van der Waals surface area contributed by atoms with Crippen molar-refractivity contribution >= 4 is 11.8 Å². The SMILES string of the molecule is CCSC1=C([N+](=O)[O-])C(N2CCCCC2)[C-]([N+](=O)[O-])C=C1[N+](=O)[O-]. The van der Waals surface area contributed by atoms with E-state index < -0.39 is 38.2 Å². The van der Waals surface area contributed by atoms with Crippen molar-refractivity contribution in [3.05, 3.63) is 58.8 Å². The molecule has 11 heteroatoms. The molecule has 1 atom stereocenters. The van der Waals surface area contributed by atoms with Crippen LogP contribution >= 0.6 is 11.8 Å². The van der Waals surface area contributed by atoms with Crippen molar-refractivity contribution in [1.82, 2.24) is 4.90 Å². The monoisotopic (exact) mass is 357 g/mol. The van der Waals surface area contributed by atoms with E-state index in [1.807, 2.05) is 0 Å². The zero-order valence-corrected chi connectivity index (χ0v) is 13.9. The Labute approximate surface area is 142 Å². The largest absolute Gasteiger partial charge is 0.297 e. The summed E-state index contributed by atoms with van der Waals surface area (Å²) < 4.78 is 0. The highest BCUT2D eigenvalue weighted by atomic mass is 32.2. The average molecular weight is 357 g/mol. The maximum Gasteiger partial charge on any atom is 0.259 e. The predicted octanol–water partition coefficient (Wildman–Crippen LogP) is 2.07. The quantitative estimate of drug-likeness (QED) is 0.401. The van der Waals surface area contributed by atoms with Crippen LogP contribution in [0.3, 0.4) is 0 Å². The molecule has 0 radical (unpaired) electrons. The molecule has 24 heavy (non-hydrogen) atoms. The second-order valence-electron chi connectivity index (χ2n) is 5.37. The Hall–Kier alpha value is -2.14. The molecule has 2 rings (SSSR count). The highest BCUT2D eigenvalue weighted by Gasteiger charge is 2.45. The maximum absolute atomic E-state index is 11.7. The van der Waals surface area contributed by atoms with E-state index in [0.717, 1.165) is 37.1 Å². The number of nitro groups is 3. The number of nitrogens with zero attached hydrogens (tertiary/aromatic N) is 4. The van der Waals surface area contributed by atoms with Crippen molar-refractivity contribution in [2.75, 3.05) is 18.8 Å². The molecule has 1 fully saturated rings. The van der Waals surface area contributed by atoms with Gasteiger partial charge in [-0.3, -0.25) is 35.2 Å². The fraction of sp³-hybridized carbons (Fsp3) is 0.615. The fourth-order valence-electron chi connectivity index (χ4n) is 2.98. The molecule has 132 valence electrons. The van der Waals surface area contributed by atoms with Crippen LogP contribution < -0.4 is 0 Å². The molecule has 0 aromatic carbocycles. The number of likely N-dealkylation sites (tertiary alicyclic amines) is 1. The molecule has 0 spiro atoms. The van der Waals surface area contributed by atoms with E-state index in [4.69, 9.17) is 0 Å². The standard InChI is InChI=1S/C13H17N4O6S/c1-2-24-13-10(16(20)21)8-9(15(18)19)11(12(13)17(22)23)14-6-4-3-5-7-14/h8,11H,2-7H2,1H3/q-1. The molecule has 0 bridgehead atoms. The first kappa shape index (κ1) is 18.2. The zero-order chi connectivity index (χ0) is 17.9. The van der Waals surface area contributed by atoms with Gasteiger partial charge in [-0.1, -0.05) is 19.4 Å². The van der Waals surface area contributed by atoms with Crippen molar-refractivity contribution in [3.8, 4) is 0 Å². The summed E-state index contributed by atoms with van der Waals surface area (Å²) in [7, 11) is 0. The Bertz CT molecular complexity index is 614. The lowest BCUT2D eigenvalue weighted by atomic mass is 9.94. The minimum atomic E-state index is -1.16. The van der Waals surface area contributed by atoms with Gasteiger partial charge < -0.3 is 0 Å². The normalized spacial score (nSPS) is 22.3. The lowest BCUT2D eigenvalue weighted by Gasteiger charge is -2.38. The molecule has 1 unspecified atom stereocenters. The van der Waals surface area contributed by atoms with Gasteiger partial charge in [-0.05, 0) is 41.5 Å². The number of rotatable bonds is 6. The maximum atomic E-state index is 11.7. The number of hydrogen-bond donors (Lipinski definition) is 0. The fourth-order valence-corrected chi connectivity index (χ4v) is 3.88. The van der Waals surface area contributed by atoms with Crippen molar-refractivity contribution in [3.63, 3.8) is 0 Å². The molecular formula is C13H17N4O6S-. The van der Waals surface area contributed by atoms with E-state index in [0.29, 0.717) is 18.8 Å². The van der Waals surface area contributed by atoms with Crippen molar-refractivity contribution in [2.24, 2.45) is 0 Å². The van der Waals surface area contributed by atoms with E-state index >= 15 is 0 Å². The molecule has 0 saturated carbocycles. The smallest absolute Gasteiger partial charge is 0.259 e. The van der Waals surface area contributed by atoms with Crippen LogP contribution in [0.1, 0.15) is 26.2 Å². The van der Waals surface area contributed by atoms with Crippen molar-refractivity contribution in [2.45, 2.75) is 32.2 Å². The number of hydrogen-bond acceptors (Lipinski definition) is 8. The lowest BCUT2D eigenvalue weighted by molar-refractivity contribution is -0.487. The topological polar surface area (TPSA) is 133 Å². The third kappa shape index (κ3) is 3.51. The summed E-state index contributed by atoms with van der Waals surface area (Å²) in [5.41, 5.74) is -1.03. The second-order valence-corrected chi connectivity index (χ2v) is 6.65. The second kappa shape index (κ2) is 7.62. The van der Waals surface area contributed by atoms with Gasteiger partial charge in [-0.2, -0.15) is 0 Å². The van der Waals surface area contributed by atoms with Gasteiger partial charge in [0.15, 0.2) is 5.70 Å². The molecule has 10 nitrogen and oxygen atoms in total. The van der Waals surface area contributed by atoms with Gasteiger partial charge in [0.2, 0.25) is 0 Å². The summed E-state index contributed by atoms with van der Waals surface area (Å²) in [4.78, 5) is 33.7. The Balaban J connectivity index is 2.60. The third-order valence-electron chi connectivity index (χ3n) is 3.94. The van der Waals surface area contributed by atoms with E-state index in [2.05, 4.69) is 0 Å². The van der Waals surface area contributed by atoms with Gasteiger partial charge in [0.1, 0.15) is 12.1 Å². The van der Waals surface area contributed by atoms with Gasteiger partial charge >= 0.3 is 0 Å². The molecule has 0 amide bonds. The summed E-state index contributed by atoms with van der Waals surface area (Å²) in [6.45, 7) is 2.70. The van der Waals surface area contributed by atoms with Crippen LogP contribution in [0.4, 0.5) is 0 Å². The first-order valence-corrected chi connectivity index (χ1v) is 8.50. The van der Waals surface area contributed by atoms with Gasteiger partial charge in [-0.15, -0.1) is 11.8 Å². The molecule has 1 heterocycles. The first-order valence-electron chi connectivity index (χ1n) is 7.51. The Morgan fingerprint density at radius 1 is 1.17 bits per heavy atom. The van der Waals surface area contributed by atoms with Gasteiger partial charge in [0, 0.05) is 0 Å². The van der Waals surface area contributed by atoms with Crippen LogP contribution in [-0.4, -0.2) is 44.6 Å². The highest BCUT2D eigenvalue weighted by molar-refractivity contribution is 8.03. The van der Waals surface area contributed by atoms with E-state index in [1.165, 1.54) is 0 Å². The first-order chi connectivity index (χ1) is 11.4. The van der Waals surface area contributed by atoms with Crippen molar-refractivity contribution < 1.29 is 14.8 Å². The van der Waals surface area contributed by atoms with E-state index in [-0.39, 0.29) is 4.91 Å². The van der Waals surface area contributed by atoms with E-state index in [9.17, 15) is 30.3 Å². The Morgan fingerprint density at radius 3 is 2.25 bits per heavy atom. The Morgan fingerprint density at radius 2 is 1.79 bits per heavy atom. The molecule has 1 aliphatic heterocycles. The summed E-state index contributed by atoms with van der Waals surface area (Å²) in [5, 5.41) is 34.4. The van der Waals surface area contributed by atoms with Crippen LogP contribution in [0.15, 0.2) is 22.4 Å². The van der Waals surface area contributed by atoms with Crippen molar-refractivity contribution in [1.29, 1.82) is 0 Å². The van der Waals surface area contributed by atoms with Crippen LogP contribution in [0.25, 0.3) is 0 Å². The molecule has 0 aromatic rings. The minimum Gasteiger partial charge on any atom is -0.297 e. The van der Waals surface area contributed by atoms with Crippen LogP contribution in [0.2, 0.25) is 0 Å². The molecule has 1 aliphatic carbocycles. The highest BCUT2D eigenvalue weighted by Crippen LogP contribution is 2.40. The van der Waals surface area contributed by atoms with Crippen LogP contribution in [0, 0.1) is 36.4 Å². The molecule has 1 saturated heterocycles. The van der Waals surface area contributed by atoms with Gasteiger partial charge in [-0.25, -0.2) is 0 Å². The van der Waals surface area contributed by atoms with Crippen LogP contribution in [0.5, 0.6) is 0 Å². The summed E-state index contributed by atoms with van der Waals surface area (Å²) in [5.74, 6) is 0.387. The number of thioether (sulfide) groups is 1. The minimum absolute atomic E-state index is 0.0892. The van der Waals surface area contributed by atoms with Gasteiger partial charge in [0.05, 0.1) is 9.83 Å². The van der Waals surface area contributed by atoms with E-state index in [1.54, 1.807) is 11.8 Å². The molecule has 0 aromatic heterocycles. The summed E-state index contributed by atoms with van der Waals surface area (Å²) in [6, 6.07) is -1.66.